The minimum absolute atomic E-state index is 0.00446. The minimum Gasteiger partial charge on any atom is -0.482 e. The predicted octanol–water partition coefficient (Wildman–Crippen LogP) is 4.77. The molecule has 0 aliphatic heterocycles. The Morgan fingerprint density at radius 1 is 1.07 bits per heavy atom. The molecule has 0 aliphatic rings. The second-order valence-corrected chi connectivity index (χ2v) is 6.85. The highest BCUT2D eigenvalue weighted by Gasteiger charge is 2.15. The van der Waals surface area contributed by atoms with Crippen LogP contribution in [0.3, 0.4) is 0 Å². The second-order valence-electron chi connectivity index (χ2n) is 6.85. The predicted molar refractivity (Wildman–Crippen MR) is 112 cm³/mol. The molecule has 0 spiro atoms. The number of benzene rings is 2. The van der Waals surface area contributed by atoms with Gasteiger partial charge in [-0.15, -0.1) is 0 Å². The normalized spacial score (nSPS) is 12.1. The maximum atomic E-state index is 12.9. The van der Waals surface area contributed by atoms with E-state index in [-0.39, 0.29) is 18.4 Å². The molecule has 1 atom stereocenters. The number of carboxylic acids is 1. The van der Waals surface area contributed by atoms with Crippen LogP contribution in [0.5, 0.6) is 5.75 Å². The van der Waals surface area contributed by atoms with Crippen molar-refractivity contribution in [3.8, 4) is 5.75 Å². The number of hydrogen-bond donors (Lipinski definition) is 1. The van der Waals surface area contributed by atoms with E-state index < -0.39 is 5.97 Å². The van der Waals surface area contributed by atoms with E-state index in [2.05, 4.69) is 0 Å². The van der Waals surface area contributed by atoms with Crippen molar-refractivity contribution in [2.75, 3.05) is 6.61 Å². The first-order chi connectivity index (χ1) is 13.9. The highest BCUT2D eigenvalue weighted by Crippen LogP contribution is 2.19. The van der Waals surface area contributed by atoms with Gasteiger partial charge in [-0.05, 0) is 43.7 Å². The number of ether oxygens (including phenoxy) is 1. The molecule has 0 amide bonds. The topological polar surface area (TPSA) is 68.5 Å². The third-order valence-corrected chi connectivity index (χ3v) is 4.57. The lowest BCUT2D eigenvalue weighted by atomic mass is 10.1. The van der Waals surface area contributed by atoms with Gasteiger partial charge in [0.1, 0.15) is 5.75 Å². The molecular formula is C24H23NO4. The molecule has 2 aromatic carbocycles. The number of aromatic nitrogens is 1. The minimum atomic E-state index is -1.01. The van der Waals surface area contributed by atoms with Crippen LogP contribution >= 0.6 is 0 Å². The van der Waals surface area contributed by atoms with Gasteiger partial charge in [0.25, 0.3) is 0 Å². The number of ketones is 1. The van der Waals surface area contributed by atoms with E-state index in [0.717, 1.165) is 11.1 Å². The van der Waals surface area contributed by atoms with Crippen LogP contribution in [-0.4, -0.2) is 28.0 Å². The van der Waals surface area contributed by atoms with Crippen LogP contribution in [0, 0.1) is 6.92 Å². The average molecular weight is 389 g/mol. The fourth-order valence-corrected chi connectivity index (χ4v) is 2.96. The molecule has 1 N–H and O–H groups in total. The smallest absolute Gasteiger partial charge is 0.341 e. The summed E-state index contributed by atoms with van der Waals surface area (Å²) in [5, 5.41) is 8.65. The standard InChI is InChI=1S/C24H23NO4/c1-17-5-11-20(12-6-17)24(28)22-4-3-15-25(22)18(2)7-8-19-9-13-21(14-10-19)29-16-23(26)27/h3-15,18H,16H2,1-2H3,(H,26,27)/b8-7+. The van der Waals surface area contributed by atoms with Crippen LogP contribution in [0.4, 0.5) is 0 Å². The number of allylic oxidation sites excluding steroid dienone is 1. The summed E-state index contributed by atoms with van der Waals surface area (Å²) >= 11 is 0. The van der Waals surface area contributed by atoms with Gasteiger partial charge >= 0.3 is 5.97 Å². The quantitative estimate of drug-likeness (QED) is 0.564. The molecule has 0 radical (unpaired) electrons. The fourth-order valence-electron chi connectivity index (χ4n) is 2.96. The Morgan fingerprint density at radius 2 is 1.76 bits per heavy atom. The van der Waals surface area contributed by atoms with E-state index in [9.17, 15) is 9.59 Å². The number of carboxylic acid groups (broad SMARTS) is 1. The van der Waals surface area contributed by atoms with Crippen LogP contribution in [-0.2, 0) is 4.79 Å². The highest BCUT2D eigenvalue weighted by molar-refractivity contribution is 6.08. The van der Waals surface area contributed by atoms with E-state index in [4.69, 9.17) is 9.84 Å². The number of hydrogen-bond acceptors (Lipinski definition) is 3. The maximum absolute atomic E-state index is 12.9. The van der Waals surface area contributed by atoms with Gasteiger partial charge in [-0.1, -0.05) is 54.1 Å². The van der Waals surface area contributed by atoms with Gasteiger partial charge in [0.2, 0.25) is 5.78 Å². The number of nitrogens with zero attached hydrogens (tertiary/aromatic N) is 1. The summed E-state index contributed by atoms with van der Waals surface area (Å²) in [6, 6.07) is 18.4. The van der Waals surface area contributed by atoms with Crippen molar-refractivity contribution in [2.45, 2.75) is 19.9 Å². The summed E-state index contributed by atoms with van der Waals surface area (Å²) in [4.78, 5) is 23.4. The van der Waals surface area contributed by atoms with Gasteiger partial charge in [-0.3, -0.25) is 4.79 Å². The molecule has 0 saturated carbocycles. The van der Waals surface area contributed by atoms with Gasteiger partial charge in [0, 0.05) is 17.8 Å². The van der Waals surface area contributed by atoms with Crippen molar-refractivity contribution in [3.05, 3.63) is 95.3 Å². The first-order valence-corrected chi connectivity index (χ1v) is 9.35. The number of aryl methyl sites for hydroxylation is 1. The molecule has 0 saturated heterocycles. The largest absolute Gasteiger partial charge is 0.482 e. The van der Waals surface area contributed by atoms with E-state index in [1.807, 2.05) is 85.3 Å². The lowest BCUT2D eigenvalue weighted by Crippen LogP contribution is -2.12. The summed E-state index contributed by atoms with van der Waals surface area (Å²) in [6.45, 7) is 3.65. The van der Waals surface area contributed by atoms with Crippen LogP contribution in [0.1, 0.15) is 40.1 Å². The van der Waals surface area contributed by atoms with E-state index >= 15 is 0 Å². The third kappa shape index (κ3) is 5.23. The van der Waals surface area contributed by atoms with E-state index in [1.54, 1.807) is 12.1 Å². The Labute approximate surface area is 169 Å². The highest BCUT2D eigenvalue weighted by atomic mass is 16.5. The van der Waals surface area contributed by atoms with Crippen molar-refractivity contribution >= 4 is 17.8 Å². The van der Waals surface area contributed by atoms with Crippen LogP contribution in [0.15, 0.2) is 72.9 Å². The number of carbonyl (C=O) groups excluding carboxylic acids is 1. The zero-order valence-electron chi connectivity index (χ0n) is 16.4. The molecule has 1 aromatic heterocycles. The number of rotatable bonds is 8. The monoisotopic (exact) mass is 389 g/mol. The molecule has 5 heteroatoms. The summed E-state index contributed by atoms with van der Waals surface area (Å²) < 4.78 is 7.08. The van der Waals surface area contributed by atoms with Gasteiger partial charge in [-0.2, -0.15) is 0 Å². The maximum Gasteiger partial charge on any atom is 0.341 e. The molecule has 3 rings (SSSR count). The second kappa shape index (κ2) is 9.06. The summed E-state index contributed by atoms with van der Waals surface area (Å²) in [6.07, 6.45) is 5.88. The molecule has 5 nitrogen and oxygen atoms in total. The first kappa shape index (κ1) is 20.1. The molecule has 0 bridgehead atoms. The van der Waals surface area contributed by atoms with Gasteiger partial charge in [0.15, 0.2) is 6.61 Å². The molecule has 0 fully saturated rings. The molecular weight excluding hydrogens is 366 g/mol. The van der Waals surface area contributed by atoms with E-state index in [0.29, 0.717) is 17.0 Å². The SMILES string of the molecule is Cc1ccc(C(=O)c2cccn2C(C)/C=C/c2ccc(OCC(=O)O)cc2)cc1. The van der Waals surface area contributed by atoms with Crippen LogP contribution < -0.4 is 4.74 Å². The third-order valence-electron chi connectivity index (χ3n) is 4.57. The lowest BCUT2D eigenvalue weighted by Gasteiger charge is -2.14. The van der Waals surface area contributed by atoms with E-state index in [1.165, 1.54) is 0 Å². The van der Waals surface area contributed by atoms with Crippen molar-refractivity contribution < 1.29 is 19.4 Å². The molecule has 1 heterocycles. The van der Waals surface area contributed by atoms with Crippen molar-refractivity contribution in [1.82, 2.24) is 4.57 Å². The summed E-state index contributed by atoms with van der Waals surface area (Å²) in [5.74, 6) is -0.505. The molecule has 3 aromatic rings. The number of carbonyl (C=O) groups is 2. The molecule has 1 unspecified atom stereocenters. The molecule has 0 aliphatic carbocycles. The Hall–Kier alpha value is -3.60. The average Bonchev–Trinajstić information content (AvgIpc) is 3.21. The van der Waals surface area contributed by atoms with Gasteiger partial charge < -0.3 is 14.4 Å². The zero-order chi connectivity index (χ0) is 20.8. The van der Waals surface area contributed by atoms with Crippen LogP contribution in [0.2, 0.25) is 0 Å². The number of aliphatic carboxylic acids is 1. The molecule has 148 valence electrons. The van der Waals surface area contributed by atoms with Crippen molar-refractivity contribution in [1.29, 1.82) is 0 Å². The fraction of sp³-hybridized carbons (Fsp3) is 0.167. The Morgan fingerprint density at radius 3 is 2.41 bits per heavy atom. The van der Waals surface area contributed by atoms with Crippen molar-refractivity contribution in [2.24, 2.45) is 0 Å². The van der Waals surface area contributed by atoms with Crippen LogP contribution in [0.25, 0.3) is 6.08 Å². The van der Waals surface area contributed by atoms with Gasteiger partial charge in [0.05, 0.1) is 5.69 Å². The zero-order valence-corrected chi connectivity index (χ0v) is 16.4. The Bertz CT molecular complexity index is 1010. The summed E-state index contributed by atoms with van der Waals surface area (Å²) in [5.41, 5.74) is 3.39. The lowest BCUT2D eigenvalue weighted by molar-refractivity contribution is -0.139. The van der Waals surface area contributed by atoms with Gasteiger partial charge in [-0.25, -0.2) is 4.79 Å². The summed E-state index contributed by atoms with van der Waals surface area (Å²) in [7, 11) is 0. The Balaban J connectivity index is 1.70. The van der Waals surface area contributed by atoms with Crippen molar-refractivity contribution in [3.63, 3.8) is 0 Å². The molecule has 29 heavy (non-hydrogen) atoms. The first-order valence-electron chi connectivity index (χ1n) is 9.35. The Kier molecular flexibility index (Phi) is 6.29.